The average molecular weight is 392 g/mol. The van der Waals surface area contributed by atoms with Gasteiger partial charge in [-0.2, -0.15) is 0 Å². The van der Waals surface area contributed by atoms with Crippen LogP contribution in [0.4, 0.5) is 5.69 Å². The minimum atomic E-state index is -0.180. The summed E-state index contributed by atoms with van der Waals surface area (Å²) in [7, 11) is 1.71. The Bertz CT molecular complexity index is 939. The molecule has 0 atom stereocenters. The van der Waals surface area contributed by atoms with Gasteiger partial charge in [0.1, 0.15) is 5.75 Å². The lowest BCUT2D eigenvalue weighted by molar-refractivity contribution is -0.118. The number of nitrogens with one attached hydrogen (secondary N) is 2. The van der Waals surface area contributed by atoms with Crippen molar-refractivity contribution in [3.8, 4) is 5.75 Å². The highest BCUT2D eigenvalue weighted by Gasteiger charge is 2.11. The van der Waals surface area contributed by atoms with Crippen molar-refractivity contribution in [3.05, 3.63) is 71.8 Å². The summed E-state index contributed by atoms with van der Waals surface area (Å²) in [5.41, 5.74) is 2.98. The van der Waals surface area contributed by atoms with Crippen LogP contribution in [0, 0.1) is 6.92 Å². The molecular formula is C24H28N2O3. The molecule has 29 heavy (non-hydrogen) atoms. The molecule has 152 valence electrons. The summed E-state index contributed by atoms with van der Waals surface area (Å²) in [6, 6.07) is 19.9. The van der Waals surface area contributed by atoms with E-state index in [1.54, 1.807) is 7.11 Å². The summed E-state index contributed by atoms with van der Waals surface area (Å²) in [5.74, 6) is 0.544. The smallest absolute Gasteiger partial charge is 0.262 e. The molecule has 0 saturated heterocycles. The largest absolute Gasteiger partial charge is 0.483 e. The molecule has 0 fully saturated rings. The molecule has 0 bridgehead atoms. The maximum atomic E-state index is 12.3. The van der Waals surface area contributed by atoms with Crippen molar-refractivity contribution in [2.75, 3.05) is 32.2 Å². The molecule has 0 saturated carbocycles. The molecule has 0 aliphatic rings. The summed E-state index contributed by atoms with van der Waals surface area (Å²) in [6.45, 7) is 4.22. The van der Waals surface area contributed by atoms with E-state index < -0.39 is 0 Å². The molecule has 5 heteroatoms. The summed E-state index contributed by atoms with van der Waals surface area (Å²) >= 11 is 0. The van der Waals surface area contributed by atoms with Crippen molar-refractivity contribution in [2.45, 2.75) is 19.9 Å². The number of amides is 1. The normalized spacial score (nSPS) is 10.8. The molecule has 0 unspecified atom stereocenters. The Morgan fingerprint density at radius 1 is 1.00 bits per heavy atom. The van der Waals surface area contributed by atoms with E-state index in [0.717, 1.165) is 52.9 Å². The zero-order valence-corrected chi connectivity index (χ0v) is 17.0. The zero-order chi connectivity index (χ0) is 20.5. The number of carbonyl (C=O) groups is 1. The minimum absolute atomic E-state index is 0.0388. The van der Waals surface area contributed by atoms with Crippen LogP contribution in [0.1, 0.15) is 17.5 Å². The first-order valence-corrected chi connectivity index (χ1v) is 9.87. The highest BCUT2D eigenvalue weighted by atomic mass is 16.5. The third-order valence-electron chi connectivity index (χ3n) is 4.70. The Balaban J connectivity index is 1.67. The Labute approximate surface area is 172 Å². The molecule has 3 aromatic carbocycles. The van der Waals surface area contributed by atoms with Gasteiger partial charge in [0, 0.05) is 31.5 Å². The van der Waals surface area contributed by atoms with E-state index in [1.165, 1.54) is 0 Å². The first-order chi connectivity index (χ1) is 14.2. The predicted octanol–water partition coefficient (Wildman–Crippen LogP) is 4.29. The number of hydrogen-bond acceptors (Lipinski definition) is 4. The lowest BCUT2D eigenvalue weighted by Crippen LogP contribution is -2.21. The second-order valence-corrected chi connectivity index (χ2v) is 6.99. The van der Waals surface area contributed by atoms with Crippen molar-refractivity contribution >= 4 is 22.4 Å². The van der Waals surface area contributed by atoms with E-state index in [-0.39, 0.29) is 12.5 Å². The Hall–Kier alpha value is -2.89. The van der Waals surface area contributed by atoms with Crippen molar-refractivity contribution in [2.24, 2.45) is 0 Å². The highest BCUT2D eigenvalue weighted by Crippen LogP contribution is 2.28. The van der Waals surface area contributed by atoms with Gasteiger partial charge < -0.3 is 20.1 Å². The van der Waals surface area contributed by atoms with Crippen molar-refractivity contribution in [3.63, 3.8) is 0 Å². The van der Waals surface area contributed by atoms with Crippen LogP contribution in [0.3, 0.4) is 0 Å². The first kappa shape index (κ1) is 20.8. The predicted molar refractivity (Wildman–Crippen MR) is 117 cm³/mol. The van der Waals surface area contributed by atoms with Crippen LogP contribution in [-0.2, 0) is 16.1 Å². The van der Waals surface area contributed by atoms with Crippen molar-refractivity contribution in [1.29, 1.82) is 0 Å². The standard InChI is InChI=1S/C24H28N2O3/c1-18-8-11-20(12-9-18)26-24(27)17-29-23-13-10-19-6-3-4-7-21(19)22(23)16-25-14-5-15-28-2/h3-4,6-13,25H,5,14-17H2,1-2H3,(H,26,27). The van der Waals surface area contributed by atoms with Crippen LogP contribution >= 0.6 is 0 Å². The van der Waals surface area contributed by atoms with Gasteiger partial charge in [-0.15, -0.1) is 0 Å². The van der Waals surface area contributed by atoms with Crippen molar-refractivity contribution < 1.29 is 14.3 Å². The summed E-state index contributed by atoms with van der Waals surface area (Å²) in [5, 5.41) is 8.59. The average Bonchev–Trinajstić information content (AvgIpc) is 2.74. The van der Waals surface area contributed by atoms with E-state index >= 15 is 0 Å². The van der Waals surface area contributed by atoms with Crippen LogP contribution < -0.4 is 15.4 Å². The highest BCUT2D eigenvalue weighted by molar-refractivity contribution is 5.92. The summed E-state index contributed by atoms with van der Waals surface area (Å²) in [6.07, 6.45) is 0.941. The van der Waals surface area contributed by atoms with Crippen LogP contribution in [0.25, 0.3) is 10.8 Å². The molecule has 0 aromatic heterocycles. The molecule has 5 nitrogen and oxygen atoms in total. The molecule has 0 aliphatic heterocycles. The Morgan fingerprint density at radius 3 is 2.59 bits per heavy atom. The number of benzene rings is 3. The molecule has 2 N–H and O–H groups in total. The number of ether oxygens (including phenoxy) is 2. The maximum absolute atomic E-state index is 12.3. The van der Waals surface area contributed by atoms with Gasteiger partial charge in [-0.25, -0.2) is 0 Å². The molecule has 0 spiro atoms. The molecule has 3 rings (SSSR count). The van der Waals surface area contributed by atoms with Crippen LogP contribution in [0.2, 0.25) is 0 Å². The fraction of sp³-hybridized carbons (Fsp3) is 0.292. The van der Waals surface area contributed by atoms with Crippen molar-refractivity contribution in [1.82, 2.24) is 5.32 Å². The summed E-state index contributed by atoms with van der Waals surface area (Å²) in [4.78, 5) is 12.3. The van der Waals surface area contributed by atoms with Gasteiger partial charge in [0.2, 0.25) is 0 Å². The van der Waals surface area contributed by atoms with E-state index in [2.05, 4.69) is 22.8 Å². The fourth-order valence-electron chi connectivity index (χ4n) is 3.17. The van der Waals surface area contributed by atoms with Crippen LogP contribution in [0.5, 0.6) is 5.75 Å². The van der Waals surface area contributed by atoms with E-state index in [9.17, 15) is 4.79 Å². The van der Waals surface area contributed by atoms with Gasteiger partial charge in [0.15, 0.2) is 6.61 Å². The molecule has 1 amide bonds. The molecule has 0 aliphatic carbocycles. The maximum Gasteiger partial charge on any atom is 0.262 e. The fourth-order valence-corrected chi connectivity index (χ4v) is 3.17. The molecule has 0 radical (unpaired) electrons. The van der Waals surface area contributed by atoms with Crippen LogP contribution in [-0.4, -0.2) is 32.8 Å². The first-order valence-electron chi connectivity index (χ1n) is 9.87. The number of hydrogen-bond donors (Lipinski definition) is 2. The number of anilines is 1. The Kier molecular flexibility index (Phi) is 7.61. The van der Waals surface area contributed by atoms with E-state index in [4.69, 9.17) is 9.47 Å². The van der Waals surface area contributed by atoms with Gasteiger partial charge in [-0.05, 0) is 48.9 Å². The number of fused-ring (bicyclic) bond motifs is 1. The third-order valence-corrected chi connectivity index (χ3v) is 4.70. The lowest BCUT2D eigenvalue weighted by Gasteiger charge is -2.15. The quantitative estimate of drug-likeness (QED) is 0.505. The Morgan fingerprint density at radius 2 is 1.79 bits per heavy atom. The number of aryl methyl sites for hydroxylation is 1. The molecule has 0 heterocycles. The van der Waals surface area contributed by atoms with Crippen LogP contribution in [0.15, 0.2) is 60.7 Å². The van der Waals surface area contributed by atoms with Gasteiger partial charge >= 0.3 is 0 Å². The second-order valence-electron chi connectivity index (χ2n) is 6.99. The number of carbonyl (C=O) groups excluding carboxylic acids is 1. The summed E-state index contributed by atoms with van der Waals surface area (Å²) < 4.78 is 11.0. The lowest BCUT2D eigenvalue weighted by atomic mass is 10.0. The minimum Gasteiger partial charge on any atom is -0.483 e. The second kappa shape index (κ2) is 10.6. The van der Waals surface area contributed by atoms with E-state index in [1.807, 2.05) is 55.5 Å². The van der Waals surface area contributed by atoms with Gasteiger partial charge in [0.25, 0.3) is 5.91 Å². The van der Waals surface area contributed by atoms with Gasteiger partial charge in [-0.1, -0.05) is 48.0 Å². The van der Waals surface area contributed by atoms with Gasteiger partial charge in [0.05, 0.1) is 0 Å². The third kappa shape index (κ3) is 6.04. The molecular weight excluding hydrogens is 364 g/mol. The number of methoxy groups -OCH3 is 1. The monoisotopic (exact) mass is 392 g/mol. The topological polar surface area (TPSA) is 59.6 Å². The zero-order valence-electron chi connectivity index (χ0n) is 17.0. The molecule has 3 aromatic rings. The SMILES string of the molecule is COCCCNCc1c(OCC(=O)Nc2ccc(C)cc2)ccc2ccccc12. The van der Waals surface area contributed by atoms with Gasteiger partial charge in [-0.3, -0.25) is 4.79 Å². The van der Waals surface area contributed by atoms with E-state index in [0.29, 0.717) is 6.54 Å². The number of rotatable bonds is 10.